The standard InChI is InChI=1S/C10H10ClF3S/c11-9-4-3-7(2-1-5-15)6-8(9)10(12,13)14/h3-4,6,15H,1-2,5H2. The van der Waals surface area contributed by atoms with Crippen molar-refractivity contribution in [1.29, 1.82) is 0 Å². The van der Waals surface area contributed by atoms with Crippen molar-refractivity contribution in [3.8, 4) is 0 Å². The molecule has 1 aromatic rings. The Hall–Kier alpha value is -0.350. The van der Waals surface area contributed by atoms with Gasteiger partial charge in [0.2, 0.25) is 0 Å². The predicted molar refractivity (Wildman–Crippen MR) is 58.6 cm³/mol. The summed E-state index contributed by atoms with van der Waals surface area (Å²) in [4.78, 5) is 0. The van der Waals surface area contributed by atoms with Crippen LogP contribution in [-0.4, -0.2) is 5.75 Å². The summed E-state index contributed by atoms with van der Waals surface area (Å²) in [7, 11) is 0. The van der Waals surface area contributed by atoms with Gasteiger partial charge < -0.3 is 0 Å². The van der Waals surface area contributed by atoms with Gasteiger partial charge in [-0.2, -0.15) is 25.8 Å². The van der Waals surface area contributed by atoms with E-state index < -0.39 is 11.7 Å². The Bertz CT molecular complexity index is 336. The Balaban J connectivity index is 2.95. The molecule has 0 heterocycles. The van der Waals surface area contributed by atoms with Crippen molar-refractivity contribution in [3.63, 3.8) is 0 Å². The van der Waals surface area contributed by atoms with Gasteiger partial charge in [-0.1, -0.05) is 17.7 Å². The molecule has 0 aliphatic carbocycles. The molecule has 0 nitrogen and oxygen atoms in total. The molecule has 1 rings (SSSR count). The van der Waals surface area contributed by atoms with Gasteiger partial charge in [-0.3, -0.25) is 0 Å². The number of hydrogen-bond donors (Lipinski definition) is 1. The number of benzene rings is 1. The molecule has 0 bridgehead atoms. The summed E-state index contributed by atoms with van der Waals surface area (Å²) >= 11 is 9.49. The van der Waals surface area contributed by atoms with Gasteiger partial charge in [0.25, 0.3) is 0 Å². The second-order valence-electron chi connectivity index (χ2n) is 3.14. The Morgan fingerprint density at radius 2 is 1.93 bits per heavy atom. The van der Waals surface area contributed by atoms with Crippen LogP contribution in [0, 0.1) is 0 Å². The summed E-state index contributed by atoms with van der Waals surface area (Å²) in [6.07, 6.45) is -3.04. The molecule has 0 aliphatic rings. The molecule has 1 aromatic carbocycles. The Kier molecular flexibility index (Phi) is 4.34. The maximum atomic E-state index is 12.5. The van der Waals surface area contributed by atoms with E-state index >= 15 is 0 Å². The molecule has 0 amide bonds. The number of thiol groups is 1. The van der Waals surface area contributed by atoms with Gasteiger partial charge in [0.05, 0.1) is 10.6 Å². The van der Waals surface area contributed by atoms with E-state index in [0.717, 1.165) is 12.5 Å². The third-order valence-corrected chi connectivity index (χ3v) is 2.61. The summed E-state index contributed by atoms with van der Waals surface area (Å²) in [5, 5.41) is -0.253. The molecule has 0 saturated carbocycles. The van der Waals surface area contributed by atoms with Gasteiger partial charge in [-0.15, -0.1) is 0 Å². The van der Waals surface area contributed by atoms with E-state index in [1.54, 1.807) is 6.07 Å². The summed E-state index contributed by atoms with van der Waals surface area (Å²) in [5.74, 6) is 0.657. The highest BCUT2D eigenvalue weighted by molar-refractivity contribution is 7.80. The second kappa shape index (κ2) is 5.12. The maximum Gasteiger partial charge on any atom is 0.417 e. The molecular formula is C10H10ClF3S. The average Bonchev–Trinajstić information content (AvgIpc) is 2.15. The van der Waals surface area contributed by atoms with E-state index in [9.17, 15) is 13.2 Å². The molecule has 0 radical (unpaired) electrons. The number of halogens is 4. The molecule has 0 fully saturated rings. The predicted octanol–water partition coefficient (Wildman–Crippen LogP) is 4.22. The fourth-order valence-corrected chi connectivity index (χ4v) is 1.61. The third-order valence-electron chi connectivity index (χ3n) is 1.96. The number of hydrogen-bond acceptors (Lipinski definition) is 1. The molecule has 15 heavy (non-hydrogen) atoms. The molecule has 0 aromatic heterocycles. The lowest BCUT2D eigenvalue weighted by Crippen LogP contribution is -2.06. The molecule has 0 atom stereocenters. The van der Waals surface area contributed by atoms with Crippen LogP contribution in [-0.2, 0) is 12.6 Å². The van der Waals surface area contributed by atoms with Crippen molar-refractivity contribution in [3.05, 3.63) is 34.3 Å². The van der Waals surface area contributed by atoms with E-state index in [1.807, 2.05) is 0 Å². The number of rotatable bonds is 3. The molecule has 0 aliphatic heterocycles. The number of alkyl halides is 3. The smallest absolute Gasteiger partial charge is 0.179 e. The van der Waals surface area contributed by atoms with Crippen LogP contribution in [0.2, 0.25) is 5.02 Å². The molecule has 0 unspecified atom stereocenters. The first-order valence-electron chi connectivity index (χ1n) is 4.41. The van der Waals surface area contributed by atoms with Crippen LogP contribution in [0.3, 0.4) is 0 Å². The summed E-state index contributed by atoms with van der Waals surface area (Å²) in [6, 6.07) is 4.00. The molecule has 84 valence electrons. The van der Waals surface area contributed by atoms with Crippen molar-refractivity contribution < 1.29 is 13.2 Å². The zero-order valence-electron chi connectivity index (χ0n) is 7.81. The maximum absolute atomic E-state index is 12.5. The van der Waals surface area contributed by atoms with Crippen LogP contribution < -0.4 is 0 Å². The van der Waals surface area contributed by atoms with Crippen molar-refractivity contribution in [2.45, 2.75) is 19.0 Å². The minimum Gasteiger partial charge on any atom is -0.179 e. The van der Waals surface area contributed by atoms with E-state index in [2.05, 4.69) is 12.6 Å². The lowest BCUT2D eigenvalue weighted by molar-refractivity contribution is -0.137. The molecule has 0 N–H and O–H groups in total. The quantitative estimate of drug-likeness (QED) is 0.767. The van der Waals surface area contributed by atoms with Crippen LogP contribution in [0.1, 0.15) is 17.5 Å². The third kappa shape index (κ3) is 3.61. The highest BCUT2D eigenvalue weighted by atomic mass is 35.5. The SMILES string of the molecule is FC(F)(F)c1cc(CCCS)ccc1Cl. The summed E-state index contributed by atoms with van der Waals surface area (Å²) < 4.78 is 37.4. The highest BCUT2D eigenvalue weighted by Gasteiger charge is 2.33. The Morgan fingerprint density at radius 1 is 1.27 bits per heavy atom. The lowest BCUT2D eigenvalue weighted by atomic mass is 10.1. The van der Waals surface area contributed by atoms with Crippen LogP contribution in [0.25, 0.3) is 0 Å². The minimum atomic E-state index is -4.38. The lowest BCUT2D eigenvalue weighted by Gasteiger charge is -2.10. The van der Waals surface area contributed by atoms with Gasteiger partial charge in [0.1, 0.15) is 0 Å². The van der Waals surface area contributed by atoms with Gasteiger partial charge in [-0.05, 0) is 36.3 Å². The van der Waals surface area contributed by atoms with Gasteiger partial charge in [0, 0.05) is 0 Å². The van der Waals surface area contributed by atoms with E-state index in [-0.39, 0.29) is 5.02 Å². The molecule has 5 heteroatoms. The summed E-state index contributed by atoms with van der Waals surface area (Å²) in [6.45, 7) is 0. The largest absolute Gasteiger partial charge is 0.417 e. The first kappa shape index (κ1) is 12.7. The number of aryl methyl sites for hydroxylation is 1. The fraction of sp³-hybridized carbons (Fsp3) is 0.400. The second-order valence-corrected chi connectivity index (χ2v) is 3.99. The zero-order valence-corrected chi connectivity index (χ0v) is 9.46. The molecule has 0 saturated heterocycles. The zero-order chi connectivity index (χ0) is 11.5. The van der Waals surface area contributed by atoms with Gasteiger partial charge in [0.15, 0.2) is 0 Å². The van der Waals surface area contributed by atoms with Crippen molar-refractivity contribution in [2.24, 2.45) is 0 Å². The van der Waals surface area contributed by atoms with Gasteiger partial charge >= 0.3 is 6.18 Å². The van der Waals surface area contributed by atoms with Crippen molar-refractivity contribution >= 4 is 24.2 Å². The van der Waals surface area contributed by atoms with E-state index in [4.69, 9.17) is 11.6 Å². The van der Waals surface area contributed by atoms with Crippen LogP contribution >= 0.6 is 24.2 Å². The molecular weight excluding hydrogens is 245 g/mol. The monoisotopic (exact) mass is 254 g/mol. The van der Waals surface area contributed by atoms with Gasteiger partial charge in [-0.25, -0.2) is 0 Å². The fourth-order valence-electron chi connectivity index (χ4n) is 1.23. The van der Waals surface area contributed by atoms with E-state index in [0.29, 0.717) is 17.7 Å². The topological polar surface area (TPSA) is 0 Å². The normalized spacial score (nSPS) is 11.8. The van der Waals surface area contributed by atoms with Crippen LogP contribution in [0.5, 0.6) is 0 Å². The van der Waals surface area contributed by atoms with Crippen molar-refractivity contribution in [1.82, 2.24) is 0 Å². The Morgan fingerprint density at radius 3 is 2.47 bits per heavy atom. The minimum absolute atomic E-state index is 0.253. The Labute approximate surface area is 96.8 Å². The molecule has 0 spiro atoms. The first-order chi connectivity index (χ1) is 6.95. The first-order valence-corrected chi connectivity index (χ1v) is 5.42. The van der Waals surface area contributed by atoms with Crippen molar-refractivity contribution in [2.75, 3.05) is 5.75 Å². The van der Waals surface area contributed by atoms with Crippen LogP contribution in [0.15, 0.2) is 18.2 Å². The van der Waals surface area contributed by atoms with Crippen LogP contribution in [0.4, 0.5) is 13.2 Å². The van der Waals surface area contributed by atoms with E-state index in [1.165, 1.54) is 6.07 Å². The summed E-state index contributed by atoms with van der Waals surface area (Å²) in [5.41, 5.74) is -0.124. The highest BCUT2D eigenvalue weighted by Crippen LogP contribution is 2.35. The average molecular weight is 255 g/mol.